The number of aryl methyl sites for hydroxylation is 1. The number of halogens is 1. The highest BCUT2D eigenvalue weighted by Crippen LogP contribution is 2.31. The van der Waals surface area contributed by atoms with Crippen molar-refractivity contribution in [2.75, 3.05) is 20.1 Å². The molecule has 22 heavy (non-hydrogen) atoms. The number of benzene rings is 1. The molecule has 0 saturated carbocycles. The summed E-state index contributed by atoms with van der Waals surface area (Å²) in [5.41, 5.74) is 4.71. The van der Waals surface area contributed by atoms with Gasteiger partial charge in [-0.25, -0.2) is 10.0 Å². The van der Waals surface area contributed by atoms with E-state index in [2.05, 4.69) is 15.3 Å². The maximum Gasteiger partial charge on any atom is 0.214 e. The highest BCUT2D eigenvalue weighted by molar-refractivity contribution is 6.31. The molecule has 2 heterocycles. The Kier molecular flexibility index (Phi) is 3.30. The molecule has 0 spiro atoms. The summed E-state index contributed by atoms with van der Waals surface area (Å²) in [6.45, 7) is 1.71. The molecule has 0 atom stereocenters. The van der Waals surface area contributed by atoms with Crippen LogP contribution in [0.5, 0.6) is 0 Å². The average molecular weight is 316 g/mol. The minimum Gasteiger partial charge on any atom is -0.358 e. The summed E-state index contributed by atoms with van der Waals surface area (Å²) in [6, 6.07) is 5.99. The molecule has 2 N–H and O–H groups in total. The maximum atomic E-state index is 6.18. The van der Waals surface area contributed by atoms with Crippen molar-refractivity contribution in [3.63, 3.8) is 0 Å². The summed E-state index contributed by atoms with van der Waals surface area (Å²) in [4.78, 5) is 7.93. The van der Waals surface area contributed by atoms with E-state index in [1.165, 1.54) is 11.3 Å². The lowest BCUT2D eigenvalue weighted by Gasteiger charge is -2.19. The van der Waals surface area contributed by atoms with Crippen molar-refractivity contribution < 1.29 is 0 Å². The first-order chi connectivity index (χ1) is 10.7. The van der Waals surface area contributed by atoms with E-state index in [4.69, 9.17) is 16.7 Å². The number of nitrogens with zero attached hydrogens (tertiary/aromatic N) is 3. The number of hydrogen-bond donors (Lipinski definition) is 2. The molecule has 2 aliphatic rings. The standard InChI is InChI=1S/C16H18ClN5/c1-22(16-18-7-8-19-16)21-14-4-2-3-13-15(14)11-9-10(17)5-6-12(11)20-13/h5-6,9,20H,2-4,7-8H2,1H3,(H,18,19)/b21-14+. The SMILES string of the molecule is CN(/N=C1\CCCc2[nH]c3ccc(Cl)cc3c21)C1=NCCN1. The zero-order valence-corrected chi connectivity index (χ0v) is 13.2. The van der Waals surface area contributed by atoms with Gasteiger partial charge in [-0.1, -0.05) is 11.6 Å². The molecule has 6 heteroatoms. The third-order valence-electron chi connectivity index (χ3n) is 4.20. The van der Waals surface area contributed by atoms with Crippen molar-refractivity contribution in [2.24, 2.45) is 10.1 Å². The normalized spacial score (nSPS) is 19.2. The summed E-state index contributed by atoms with van der Waals surface area (Å²) in [7, 11) is 1.94. The molecule has 4 rings (SSSR count). The van der Waals surface area contributed by atoms with E-state index < -0.39 is 0 Å². The van der Waals surface area contributed by atoms with Gasteiger partial charge in [0.15, 0.2) is 0 Å². The second-order valence-corrected chi connectivity index (χ2v) is 6.16. The van der Waals surface area contributed by atoms with E-state index in [9.17, 15) is 0 Å². The van der Waals surface area contributed by atoms with Crippen molar-refractivity contribution in [3.05, 3.63) is 34.5 Å². The second-order valence-electron chi connectivity index (χ2n) is 5.72. The van der Waals surface area contributed by atoms with Gasteiger partial charge < -0.3 is 10.3 Å². The Morgan fingerprint density at radius 2 is 2.23 bits per heavy atom. The number of hydrazone groups is 1. The number of aliphatic imine (C=N–C) groups is 1. The molecular weight excluding hydrogens is 298 g/mol. The van der Waals surface area contributed by atoms with Crippen molar-refractivity contribution in [3.8, 4) is 0 Å². The molecular formula is C16H18ClN5. The van der Waals surface area contributed by atoms with Crippen LogP contribution in [0.25, 0.3) is 10.9 Å². The third kappa shape index (κ3) is 2.25. The maximum absolute atomic E-state index is 6.18. The second kappa shape index (κ2) is 5.32. The highest BCUT2D eigenvalue weighted by Gasteiger charge is 2.22. The van der Waals surface area contributed by atoms with Crippen LogP contribution in [0.1, 0.15) is 24.1 Å². The molecule has 0 saturated heterocycles. The highest BCUT2D eigenvalue weighted by atomic mass is 35.5. The van der Waals surface area contributed by atoms with Gasteiger partial charge >= 0.3 is 0 Å². The number of rotatable bonds is 1. The van der Waals surface area contributed by atoms with E-state index >= 15 is 0 Å². The van der Waals surface area contributed by atoms with Crippen LogP contribution in [0, 0.1) is 0 Å². The van der Waals surface area contributed by atoms with Gasteiger partial charge in [-0.2, -0.15) is 5.10 Å². The van der Waals surface area contributed by atoms with Gasteiger partial charge in [0.05, 0.1) is 12.3 Å². The van der Waals surface area contributed by atoms with Gasteiger partial charge in [-0.3, -0.25) is 0 Å². The lowest BCUT2D eigenvalue weighted by atomic mass is 9.93. The zero-order chi connectivity index (χ0) is 15.1. The first-order valence-corrected chi connectivity index (χ1v) is 8.00. The molecule has 0 radical (unpaired) electrons. The molecule has 0 bridgehead atoms. The molecule has 0 unspecified atom stereocenters. The lowest BCUT2D eigenvalue weighted by Crippen LogP contribution is -2.33. The van der Waals surface area contributed by atoms with Crippen LogP contribution in [-0.4, -0.2) is 41.8 Å². The smallest absolute Gasteiger partial charge is 0.214 e. The Morgan fingerprint density at radius 3 is 3.05 bits per heavy atom. The van der Waals surface area contributed by atoms with Gasteiger partial charge in [0, 0.05) is 40.8 Å². The van der Waals surface area contributed by atoms with Crippen molar-refractivity contribution in [1.82, 2.24) is 15.3 Å². The molecule has 1 aliphatic carbocycles. The summed E-state index contributed by atoms with van der Waals surface area (Å²) < 4.78 is 0. The molecule has 1 aliphatic heterocycles. The Hall–Kier alpha value is -2.01. The van der Waals surface area contributed by atoms with Gasteiger partial charge in [0.1, 0.15) is 0 Å². The average Bonchev–Trinajstić information content (AvgIpc) is 3.14. The number of fused-ring (bicyclic) bond motifs is 3. The van der Waals surface area contributed by atoms with Gasteiger partial charge in [-0.15, -0.1) is 0 Å². The number of hydrogen-bond acceptors (Lipinski definition) is 4. The molecule has 2 aromatic rings. The topological polar surface area (TPSA) is 55.8 Å². The largest absolute Gasteiger partial charge is 0.358 e. The van der Waals surface area contributed by atoms with Crippen LogP contribution in [0.3, 0.4) is 0 Å². The fourth-order valence-corrected chi connectivity index (χ4v) is 3.40. The summed E-state index contributed by atoms with van der Waals surface area (Å²) in [5.74, 6) is 0.845. The van der Waals surface area contributed by atoms with E-state index in [1.54, 1.807) is 0 Å². The molecule has 114 valence electrons. The Labute approximate surface area is 134 Å². The third-order valence-corrected chi connectivity index (χ3v) is 4.44. The number of aromatic nitrogens is 1. The molecule has 0 fully saturated rings. The fourth-order valence-electron chi connectivity index (χ4n) is 3.23. The summed E-state index contributed by atoms with van der Waals surface area (Å²) in [5, 5.41) is 11.8. The van der Waals surface area contributed by atoms with Crippen LogP contribution >= 0.6 is 11.6 Å². The Morgan fingerprint density at radius 1 is 1.32 bits per heavy atom. The van der Waals surface area contributed by atoms with Gasteiger partial charge in [-0.05, 0) is 37.5 Å². The number of guanidine groups is 1. The van der Waals surface area contributed by atoms with E-state index in [0.717, 1.165) is 59.9 Å². The number of aromatic amines is 1. The first-order valence-electron chi connectivity index (χ1n) is 7.62. The van der Waals surface area contributed by atoms with Crippen LogP contribution < -0.4 is 5.32 Å². The minimum absolute atomic E-state index is 0.759. The van der Waals surface area contributed by atoms with Crippen LogP contribution in [0.15, 0.2) is 28.3 Å². The van der Waals surface area contributed by atoms with Crippen molar-refractivity contribution in [2.45, 2.75) is 19.3 Å². The summed E-state index contributed by atoms with van der Waals surface area (Å²) in [6.07, 6.45) is 3.15. The van der Waals surface area contributed by atoms with E-state index in [0.29, 0.717) is 0 Å². The van der Waals surface area contributed by atoms with Crippen molar-refractivity contribution >= 4 is 34.2 Å². The zero-order valence-electron chi connectivity index (χ0n) is 12.5. The van der Waals surface area contributed by atoms with Gasteiger partial charge in [0.25, 0.3) is 0 Å². The number of H-pyrrole nitrogens is 1. The van der Waals surface area contributed by atoms with E-state index in [1.807, 2.05) is 30.3 Å². The summed E-state index contributed by atoms with van der Waals surface area (Å²) >= 11 is 6.18. The fraction of sp³-hybridized carbons (Fsp3) is 0.375. The van der Waals surface area contributed by atoms with Crippen LogP contribution in [0.2, 0.25) is 5.02 Å². The minimum atomic E-state index is 0.759. The quantitative estimate of drug-likeness (QED) is 0.795. The molecule has 1 aromatic carbocycles. The van der Waals surface area contributed by atoms with E-state index in [-0.39, 0.29) is 0 Å². The molecule has 0 amide bonds. The lowest BCUT2D eigenvalue weighted by molar-refractivity contribution is 0.524. The first kappa shape index (κ1) is 13.6. The molecule has 1 aromatic heterocycles. The number of nitrogens with one attached hydrogen (secondary N) is 2. The Balaban J connectivity index is 1.80. The Bertz CT molecular complexity index is 789. The van der Waals surface area contributed by atoms with Crippen LogP contribution in [0.4, 0.5) is 0 Å². The monoisotopic (exact) mass is 315 g/mol. The van der Waals surface area contributed by atoms with Crippen molar-refractivity contribution in [1.29, 1.82) is 0 Å². The predicted octanol–water partition coefficient (Wildman–Crippen LogP) is 2.75. The molecule has 5 nitrogen and oxygen atoms in total. The van der Waals surface area contributed by atoms with Gasteiger partial charge in [0.2, 0.25) is 5.96 Å². The predicted molar refractivity (Wildman–Crippen MR) is 90.9 cm³/mol. The van der Waals surface area contributed by atoms with Crippen LogP contribution in [-0.2, 0) is 6.42 Å².